The molecule has 0 nitrogen and oxygen atoms in total. The van der Waals surface area contributed by atoms with Crippen LogP contribution >= 0.6 is 33.8 Å². The Morgan fingerprint density at radius 2 is 1.67 bits per heavy atom. The molecule has 0 radical (unpaired) electrons. The smallest absolute Gasteiger partial charge is 0.751 e. The number of hydrogen-bond acceptors (Lipinski definition) is 0. The third-order valence-corrected chi connectivity index (χ3v) is 5.23. The fourth-order valence-corrected chi connectivity index (χ4v) is 0. The van der Waals surface area contributed by atoms with Crippen molar-refractivity contribution in [1.29, 1.82) is 0 Å². The molecule has 0 spiro atoms. The molecule has 0 aromatic heterocycles. The van der Waals surface area contributed by atoms with Crippen molar-refractivity contribution in [3.63, 3.8) is 0 Å². The molecular formula is H4Na2P4. The summed E-state index contributed by atoms with van der Waals surface area (Å²) in [6, 6.07) is 0. The zero-order chi connectivity index (χ0) is 3.41. The number of rotatable bonds is 1. The Kier molecular flexibility index (Phi) is 43.3. The van der Waals surface area contributed by atoms with Crippen LogP contribution in [-0.4, -0.2) is 0 Å². The second-order valence-corrected chi connectivity index (χ2v) is 6.50. The van der Waals surface area contributed by atoms with Crippen LogP contribution in [0.15, 0.2) is 0 Å². The molecule has 0 bridgehead atoms. The molecule has 0 saturated carbocycles. The number of hydrogen-bond donors (Lipinski definition) is 0. The molecule has 0 aliphatic carbocycles. The summed E-state index contributed by atoms with van der Waals surface area (Å²) >= 11 is 0. The Balaban J connectivity index is -0.0000000450. The molecule has 26 valence electrons. The summed E-state index contributed by atoms with van der Waals surface area (Å²) in [5.41, 5.74) is 0. The van der Waals surface area contributed by atoms with Gasteiger partial charge in [0.1, 0.15) is 0 Å². The maximum atomic E-state index is 3.25. The van der Waals surface area contributed by atoms with E-state index in [1.165, 1.54) is 7.96 Å². The van der Waals surface area contributed by atoms with Crippen LogP contribution in [0.5, 0.6) is 0 Å². The minimum Gasteiger partial charge on any atom is -0.751 e. The summed E-state index contributed by atoms with van der Waals surface area (Å²) in [4.78, 5) is 0. The molecule has 0 aliphatic rings. The van der Waals surface area contributed by atoms with Gasteiger partial charge in [-0.3, -0.25) is 7.96 Å². The first-order valence-corrected chi connectivity index (χ1v) is 6.62. The van der Waals surface area contributed by atoms with Crippen LogP contribution in [0, 0.1) is 0 Å². The third-order valence-electron chi connectivity index (χ3n) is 0.0645. The van der Waals surface area contributed by atoms with E-state index in [2.05, 4.69) is 17.9 Å². The van der Waals surface area contributed by atoms with Gasteiger partial charge in [-0.15, -0.1) is 8.93 Å². The van der Waals surface area contributed by atoms with Gasteiger partial charge in [0, 0.05) is 0 Å². The van der Waals surface area contributed by atoms with E-state index >= 15 is 0 Å². The van der Waals surface area contributed by atoms with E-state index in [9.17, 15) is 0 Å². The minimum atomic E-state index is 0. The predicted molar refractivity (Wildman–Crippen MR) is 33.3 cm³/mol. The van der Waals surface area contributed by atoms with E-state index in [0.717, 1.165) is 7.96 Å². The van der Waals surface area contributed by atoms with E-state index in [-0.39, 0.29) is 59.1 Å². The molecule has 2 unspecified atom stereocenters. The Morgan fingerprint density at radius 3 is 1.67 bits per heavy atom. The van der Waals surface area contributed by atoms with E-state index in [4.69, 9.17) is 0 Å². The molecule has 0 heterocycles. The molecule has 0 aromatic rings. The van der Waals surface area contributed by atoms with Crippen molar-refractivity contribution < 1.29 is 59.1 Å². The van der Waals surface area contributed by atoms with E-state index in [1.54, 1.807) is 0 Å². The Hall–Kier alpha value is 3.72. The maximum Gasteiger partial charge on any atom is 1.00 e. The van der Waals surface area contributed by atoms with Crippen molar-refractivity contribution in [3.05, 3.63) is 0 Å². The quantitative estimate of drug-likeness (QED) is 0.284. The van der Waals surface area contributed by atoms with Gasteiger partial charge in [0.15, 0.2) is 0 Å². The van der Waals surface area contributed by atoms with E-state index < -0.39 is 0 Å². The average Bonchev–Trinajstić information content (AvgIpc) is 1.37. The van der Waals surface area contributed by atoms with Crippen molar-refractivity contribution in [3.8, 4) is 0 Å². The van der Waals surface area contributed by atoms with Crippen molar-refractivity contribution in [2.75, 3.05) is 0 Å². The zero-order valence-corrected chi connectivity index (χ0v) is 12.1. The van der Waals surface area contributed by atoms with Crippen LogP contribution in [-0.2, 0) is 0 Å². The summed E-state index contributed by atoms with van der Waals surface area (Å²) in [5.74, 6) is 0. The fraction of sp³-hybridized carbons (Fsp3) is 0. The molecule has 0 N–H and O–H groups in total. The largest absolute Gasteiger partial charge is 1.00 e. The molecule has 6 heteroatoms. The molecule has 0 fully saturated rings. The summed E-state index contributed by atoms with van der Waals surface area (Å²) in [7, 11) is 8.11. The first-order valence-electron chi connectivity index (χ1n) is 0.736. The van der Waals surface area contributed by atoms with E-state index in [1.807, 2.05) is 0 Å². The normalized spacial score (nSPS) is 9.00. The van der Waals surface area contributed by atoms with Gasteiger partial charge in [0.25, 0.3) is 0 Å². The topological polar surface area (TPSA) is 0 Å². The van der Waals surface area contributed by atoms with Gasteiger partial charge in [-0.2, -0.15) is 0 Å². The summed E-state index contributed by atoms with van der Waals surface area (Å²) < 4.78 is 0. The summed E-state index contributed by atoms with van der Waals surface area (Å²) in [6.07, 6.45) is 0. The van der Waals surface area contributed by atoms with Crippen LogP contribution in [0.1, 0.15) is 0 Å². The van der Waals surface area contributed by atoms with Crippen molar-refractivity contribution in [2.45, 2.75) is 0 Å². The van der Waals surface area contributed by atoms with Gasteiger partial charge >= 0.3 is 59.1 Å². The predicted octanol–water partition coefficient (Wildman–Crippen LogP) is -3.62. The molecule has 0 saturated heterocycles. The van der Waals surface area contributed by atoms with Crippen LogP contribution in [0.2, 0.25) is 0 Å². The second-order valence-electron chi connectivity index (χ2n) is 0.241. The van der Waals surface area contributed by atoms with Crippen molar-refractivity contribution in [1.82, 2.24) is 0 Å². The molecule has 0 rings (SSSR count). The SMILES string of the molecule is [Na+].[Na+].[PH-][P-]PP. The van der Waals surface area contributed by atoms with Gasteiger partial charge in [0.2, 0.25) is 0 Å². The first kappa shape index (κ1) is 16.4. The maximum absolute atomic E-state index is 3.25. The van der Waals surface area contributed by atoms with Gasteiger partial charge in [0.05, 0.1) is 0 Å². The Morgan fingerprint density at radius 1 is 1.50 bits per heavy atom. The Labute approximate surface area is 91.4 Å². The monoisotopic (exact) mass is 174 g/mol. The van der Waals surface area contributed by atoms with E-state index in [0.29, 0.717) is 0 Å². The minimum absolute atomic E-state index is 0. The molecule has 6 heavy (non-hydrogen) atoms. The molecule has 0 aliphatic heterocycles. The first-order chi connectivity index (χ1) is 1.91. The van der Waals surface area contributed by atoms with Crippen molar-refractivity contribution in [2.24, 2.45) is 0 Å². The van der Waals surface area contributed by atoms with Crippen LogP contribution < -0.4 is 59.1 Å². The van der Waals surface area contributed by atoms with Gasteiger partial charge in [-0.25, -0.2) is 0 Å². The third kappa shape index (κ3) is 15.6. The summed E-state index contributed by atoms with van der Waals surface area (Å²) in [5, 5.41) is 0. The average molecular weight is 174 g/mol. The fourth-order valence-electron chi connectivity index (χ4n) is 0. The zero-order valence-electron chi connectivity index (χ0n) is 4.02. The van der Waals surface area contributed by atoms with Crippen LogP contribution in [0.3, 0.4) is 0 Å². The second kappa shape index (κ2) is 15.9. The molecular weight excluding hydrogens is 170 g/mol. The standard InChI is InChI=1S/2Na.H4P4/c;;1-3-4-2/h;;1,4H,2H2/q2*+1;-2. The van der Waals surface area contributed by atoms with Gasteiger partial charge < -0.3 is 16.9 Å². The Bertz CT molecular complexity index is 7.51. The van der Waals surface area contributed by atoms with Crippen LogP contribution in [0.25, 0.3) is 0 Å². The van der Waals surface area contributed by atoms with Gasteiger partial charge in [-0.1, -0.05) is 0 Å². The van der Waals surface area contributed by atoms with Gasteiger partial charge in [-0.05, 0) is 0 Å². The molecule has 0 amide bonds. The van der Waals surface area contributed by atoms with Crippen LogP contribution in [0.4, 0.5) is 0 Å². The summed E-state index contributed by atoms with van der Waals surface area (Å²) in [6.45, 7) is 0. The van der Waals surface area contributed by atoms with Crippen molar-refractivity contribution >= 4 is 33.8 Å². The molecule has 0 aromatic carbocycles. The molecule has 2 atom stereocenters.